The van der Waals surface area contributed by atoms with Crippen molar-refractivity contribution in [2.45, 2.75) is 31.6 Å². The van der Waals surface area contributed by atoms with Crippen molar-refractivity contribution in [2.24, 2.45) is 5.92 Å². The van der Waals surface area contributed by atoms with Crippen LogP contribution in [0.5, 0.6) is 0 Å². The van der Waals surface area contributed by atoms with E-state index in [1.54, 1.807) is 7.11 Å². The fraction of sp³-hybridized carbons (Fsp3) is 0.615. The van der Waals surface area contributed by atoms with Crippen LogP contribution in [0.1, 0.15) is 24.1 Å². The highest BCUT2D eigenvalue weighted by atomic mass is 19.4. The van der Waals surface area contributed by atoms with Gasteiger partial charge in [0.2, 0.25) is 0 Å². The fourth-order valence-corrected chi connectivity index (χ4v) is 1.97. The molecule has 0 aliphatic heterocycles. The number of pyridine rings is 1. The molecule has 106 valence electrons. The van der Waals surface area contributed by atoms with Gasteiger partial charge in [0, 0.05) is 25.9 Å². The lowest BCUT2D eigenvalue weighted by Crippen LogP contribution is -2.34. The summed E-state index contributed by atoms with van der Waals surface area (Å²) in [7, 11) is 1.65. The highest BCUT2D eigenvalue weighted by Crippen LogP contribution is 2.33. The minimum atomic E-state index is -4.33. The molecule has 1 aliphatic carbocycles. The molecule has 1 aromatic rings. The molecule has 6 heteroatoms. The smallest absolute Gasteiger partial charge is 0.383 e. The number of hydrogen-bond donors (Lipinski definition) is 1. The number of methoxy groups -OCH3 is 1. The van der Waals surface area contributed by atoms with E-state index in [4.69, 9.17) is 4.74 Å². The van der Waals surface area contributed by atoms with E-state index in [0.29, 0.717) is 24.8 Å². The van der Waals surface area contributed by atoms with Crippen molar-refractivity contribution in [1.29, 1.82) is 0 Å². The van der Waals surface area contributed by atoms with Gasteiger partial charge in [-0.3, -0.25) is 4.98 Å². The summed E-state index contributed by atoms with van der Waals surface area (Å²) in [6.07, 6.45) is -1.09. The second-order valence-corrected chi connectivity index (χ2v) is 4.82. The predicted octanol–water partition coefficient (Wildman–Crippen LogP) is 2.62. The Morgan fingerprint density at radius 3 is 2.63 bits per heavy atom. The third-order valence-electron chi connectivity index (χ3n) is 3.23. The summed E-state index contributed by atoms with van der Waals surface area (Å²) in [6.45, 7) is 1.08. The van der Waals surface area contributed by atoms with Crippen LogP contribution in [0, 0.1) is 5.92 Å². The molecule has 1 N–H and O–H groups in total. The van der Waals surface area contributed by atoms with Gasteiger partial charge < -0.3 is 10.1 Å². The molecule has 3 nitrogen and oxygen atoms in total. The summed E-state index contributed by atoms with van der Waals surface area (Å²) < 4.78 is 42.3. The largest absolute Gasteiger partial charge is 0.417 e. The minimum Gasteiger partial charge on any atom is -0.383 e. The van der Waals surface area contributed by atoms with Crippen molar-refractivity contribution in [3.05, 3.63) is 29.6 Å². The van der Waals surface area contributed by atoms with Crippen LogP contribution in [0.3, 0.4) is 0 Å². The van der Waals surface area contributed by atoms with Gasteiger partial charge in [0.05, 0.1) is 17.9 Å². The molecule has 2 rings (SSSR count). The summed E-state index contributed by atoms with van der Waals surface area (Å²) >= 11 is 0. The van der Waals surface area contributed by atoms with Crippen LogP contribution < -0.4 is 5.32 Å². The first-order valence-electron chi connectivity index (χ1n) is 6.25. The van der Waals surface area contributed by atoms with Crippen molar-refractivity contribution in [2.75, 3.05) is 13.7 Å². The Labute approximate surface area is 110 Å². The zero-order valence-electron chi connectivity index (χ0n) is 10.7. The maximum Gasteiger partial charge on any atom is 0.417 e. The van der Waals surface area contributed by atoms with E-state index in [1.807, 2.05) is 0 Å². The summed E-state index contributed by atoms with van der Waals surface area (Å²) in [5, 5.41) is 3.29. The highest BCUT2D eigenvalue weighted by molar-refractivity contribution is 5.16. The second-order valence-electron chi connectivity index (χ2n) is 4.82. The maximum absolute atomic E-state index is 12.4. The van der Waals surface area contributed by atoms with E-state index in [0.717, 1.165) is 12.3 Å². The molecule has 0 bridgehead atoms. The lowest BCUT2D eigenvalue weighted by Gasteiger charge is -2.17. The van der Waals surface area contributed by atoms with E-state index in [2.05, 4.69) is 10.3 Å². The molecule has 0 unspecified atom stereocenters. The third kappa shape index (κ3) is 4.18. The number of hydrogen-bond acceptors (Lipinski definition) is 3. The molecular weight excluding hydrogens is 257 g/mol. The Balaban J connectivity index is 1.88. The molecule has 19 heavy (non-hydrogen) atoms. The van der Waals surface area contributed by atoms with Crippen molar-refractivity contribution >= 4 is 0 Å². The van der Waals surface area contributed by atoms with E-state index in [9.17, 15) is 13.2 Å². The molecule has 1 fully saturated rings. The first-order valence-corrected chi connectivity index (χ1v) is 6.25. The first kappa shape index (κ1) is 14.3. The van der Waals surface area contributed by atoms with E-state index in [1.165, 1.54) is 18.9 Å². The molecule has 1 aliphatic rings. The Kier molecular flexibility index (Phi) is 4.42. The molecule has 0 saturated heterocycles. The molecular formula is C13H17F3N2O. The fourth-order valence-electron chi connectivity index (χ4n) is 1.97. The molecule has 0 radical (unpaired) electrons. The standard InChI is InChI=1S/C13H17F3N2O/c1-19-8-12(9-2-3-9)18-7-11-5-4-10(6-17-11)13(14,15)16/h4-6,9,12,18H,2-3,7-8H2,1H3/t12-/m0/s1. The number of nitrogens with zero attached hydrogens (tertiary/aromatic N) is 1. The van der Waals surface area contributed by atoms with Gasteiger partial charge in [-0.2, -0.15) is 13.2 Å². The average molecular weight is 274 g/mol. The lowest BCUT2D eigenvalue weighted by atomic mass is 10.2. The number of aromatic nitrogens is 1. The molecule has 1 atom stereocenters. The van der Waals surface area contributed by atoms with Crippen molar-refractivity contribution in [1.82, 2.24) is 10.3 Å². The van der Waals surface area contributed by atoms with Gasteiger partial charge in [0.1, 0.15) is 0 Å². The summed E-state index contributed by atoms with van der Waals surface area (Å²) in [6, 6.07) is 2.73. The number of ether oxygens (including phenoxy) is 1. The second kappa shape index (κ2) is 5.88. The Morgan fingerprint density at radius 1 is 1.42 bits per heavy atom. The third-order valence-corrected chi connectivity index (χ3v) is 3.23. The van der Waals surface area contributed by atoms with Gasteiger partial charge in [-0.25, -0.2) is 0 Å². The Bertz CT molecular complexity index is 401. The van der Waals surface area contributed by atoms with Crippen LogP contribution in [0.2, 0.25) is 0 Å². The monoisotopic (exact) mass is 274 g/mol. The summed E-state index contributed by atoms with van der Waals surface area (Å²) in [5.41, 5.74) is -0.110. The van der Waals surface area contributed by atoms with Crippen LogP contribution in [-0.4, -0.2) is 24.7 Å². The molecule has 1 heterocycles. The van der Waals surface area contributed by atoms with Crippen LogP contribution in [0.25, 0.3) is 0 Å². The summed E-state index contributed by atoms with van der Waals surface area (Å²) in [5.74, 6) is 0.620. The summed E-state index contributed by atoms with van der Waals surface area (Å²) in [4.78, 5) is 3.83. The van der Waals surface area contributed by atoms with E-state index < -0.39 is 11.7 Å². The first-order chi connectivity index (χ1) is 9.00. The van der Waals surface area contributed by atoms with Crippen LogP contribution >= 0.6 is 0 Å². The molecule has 0 spiro atoms. The van der Waals surface area contributed by atoms with Gasteiger partial charge >= 0.3 is 6.18 Å². The zero-order valence-corrected chi connectivity index (χ0v) is 10.7. The van der Waals surface area contributed by atoms with Crippen LogP contribution in [0.15, 0.2) is 18.3 Å². The number of halogens is 3. The van der Waals surface area contributed by atoms with Gasteiger partial charge in [-0.1, -0.05) is 0 Å². The maximum atomic E-state index is 12.4. The van der Waals surface area contributed by atoms with Crippen molar-refractivity contribution < 1.29 is 17.9 Å². The highest BCUT2D eigenvalue weighted by Gasteiger charge is 2.32. The van der Waals surface area contributed by atoms with Crippen LogP contribution in [0.4, 0.5) is 13.2 Å². The van der Waals surface area contributed by atoms with Crippen molar-refractivity contribution in [3.63, 3.8) is 0 Å². The number of nitrogens with one attached hydrogen (secondary N) is 1. The number of alkyl halides is 3. The Morgan fingerprint density at radius 2 is 2.16 bits per heavy atom. The predicted molar refractivity (Wildman–Crippen MR) is 64.5 cm³/mol. The van der Waals surface area contributed by atoms with Gasteiger partial charge in [0.25, 0.3) is 0 Å². The molecule has 0 amide bonds. The SMILES string of the molecule is COC[C@H](NCc1ccc(C(F)(F)F)cn1)C1CC1. The topological polar surface area (TPSA) is 34.1 Å². The zero-order chi connectivity index (χ0) is 13.9. The average Bonchev–Trinajstić information content (AvgIpc) is 3.18. The van der Waals surface area contributed by atoms with E-state index >= 15 is 0 Å². The lowest BCUT2D eigenvalue weighted by molar-refractivity contribution is -0.137. The van der Waals surface area contributed by atoms with E-state index in [-0.39, 0.29) is 6.04 Å². The van der Waals surface area contributed by atoms with Gasteiger partial charge in [-0.15, -0.1) is 0 Å². The molecule has 1 saturated carbocycles. The molecule has 1 aromatic heterocycles. The normalized spacial score (nSPS) is 17.5. The quantitative estimate of drug-likeness (QED) is 0.866. The minimum absolute atomic E-state index is 0.258. The molecule has 0 aromatic carbocycles. The Hall–Kier alpha value is -1.14. The van der Waals surface area contributed by atoms with Crippen LogP contribution in [-0.2, 0) is 17.5 Å². The van der Waals surface area contributed by atoms with Gasteiger partial charge in [0.15, 0.2) is 0 Å². The van der Waals surface area contributed by atoms with Gasteiger partial charge in [-0.05, 0) is 30.9 Å². The van der Waals surface area contributed by atoms with Crippen molar-refractivity contribution in [3.8, 4) is 0 Å². The number of rotatable bonds is 6.